The smallest absolute Gasteiger partial charge is 0.0199 e. The van der Waals surface area contributed by atoms with E-state index in [0.29, 0.717) is 0 Å². The van der Waals surface area contributed by atoms with Crippen molar-refractivity contribution in [2.24, 2.45) is 17.8 Å². The lowest BCUT2D eigenvalue weighted by Gasteiger charge is -2.16. The fourth-order valence-corrected chi connectivity index (χ4v) is 2.69. The Balaban J connectivity index is 1.84. The van der Waals surface area contributed by atoms with Gasteiger partial charge in [-0.05, 0) is 37.0 Å². The molecule has 0 aliphatic heterocycles. The quantitative estimate of drug-likeness (QED) is 0.541. The predicted octanol–water partition coefficient (Wildman–Crippen LogP) is 3.39. The average molecular weight is 150 g/mol. The summed E-state index contributed by atoms with van der Waals surface area (Å²) >= 11 is 0. The van der Waals surface area contributed by atoms with Crippen LogP contribution in [0, 0.1) is 17.8 Å². The second kappa shape index (κ2) is 3.00. The molecule has 11 heavy (non-hydrogen) atoms. The van der Waals surface area contributed by atoms with Crippen molar-refractivity contribution >= 4 is 0 Å². The molecule has 2 bridgehead atoms. The Labute approximate surface area is 69.7 Å². The van der Waals surface area contributed by atoms with E-state index in [4.69, 9.17) is 0 Å². The molecule has 1 saturated carbocycles. The maximum absolute atomic E-state index is 2.47. The maximum atomic E-state index is 2.47. The lowest BCUT2D eigenvalue weighted by molar-refractivity contribution is 0.402. The molecular weight excluding hydrogens is 132 g/mol. The van der Waals surface area contributed by atoms with Gasteiger partial charge in [-0.2, -0.15) is 0 Å². The number of fused-ring (bicyclic) bond motifs is 2. The first-order valence-electron chi connectivity index (χ1n) is 5.08. The van der Waals surface area contributed by atoms with Crippen LogP contribution >= 0.6 is 0 Å². The minimum Gasteiger partial charge on any atom is -0.0851 e. The third kappa shape index (κ3) is 1.36. The minimum atomic E-state index is 0.974. The molecule has 2 aliphatic rings. The normalized spacial score (nSPS) is 40.3. The Kier molecular flexibility index (Phi) is 2.02. The van der Waals surface area contributed by atoms with E-state index in [1.165, 1.54) is 32.1 Å². The second-order valence-electron chi connectivity index (χ2n) is 4.18. The minimum absolute atomic E-state index is 0.974. The van der Waals surface area contributed by atoms with Crippen LogP contribution in [0.15, 0.2) is 12.2 Å². The Morgan fingerprint density at radius 1 is 1.27 bits per heavy atom. The summed E-state index contributed by atoms with van der Waals surface area (Å²) in [4.78, 5) is 0. The Hall–Kier alpha value is -0.260. The van der Waals surface area contributed by atoms with Gasteiger partial charge in [-0.15, -0.1) is 0 Å². The number of unbranched alkanes of at least 4 members (excludes halogenated alkanes) is 1. The molecule has 2 aliphatic carbocycles. The molecule has 0 aromatic heterocycles. The molecule has 0 spiro atoms. The molecule has 0 unspecified atom stereocenters. The highest BCUT2D eigenvalue weighted by molar-refractivity contribution is 5.09. The van der Waals surface area contributed by atoms with Crippen molar-refractivity contribution in [2.75, 3.05) is 0 Å². The van der Waals surface area contributed by atoms with E-state index in [1.54, 1.807) is 0 Å². The van der Waals surface area contributed by atoms with Gasteiger partial charge in [-0.3, -0.25) is 0 Å². The van der Waals surface area contributed by atoms with Gasteiger partial charge in [-0.1, -0.05) is 31.9 Å². The van der Waals surface area contributed by atoms with Crippen LogP contribution < -0.4 is 0 Å². The summed E-state index contributed by atoms with van der Waals surface area (Å²) in [6, 6.07) is 0. The molecule has 0 saturated heterocycles. The zero-order valence-electron chi connectivity index (χ0n) is 7.42. The molecule has 0 heterocycles. The molecule has 0 nitrogen and oxygen atoms in total. The zero-order valence-corrected chi connectivity index (χ0v) is 7.42. The number of rotatable bonds is 3. The number of hydrogen-bond donors (Lipinski definition) is 0. The SMILES string of the molecule is CCCC[C@@H]1C[C@@H]2C=C[C@H]1C2. The summed E-state index contributed by atoms with van der Waals surface area (Å²) in [7, 11) is 0. The summed E-state index contributed by atoms with van der Waals surface area (Å²) < 4.78 is 0. The topological polar surface area (TPSA) is 0 Å². The van der Waals surface area contributed by atoms with Gasteiger partial charge in [0.2, 0.25) is 0 Å². The molecule has 0 N–H and O–H groups in total. The summed E-state index contributed by atoms with van der Waals surface area (Å²) in [5.41, 5.74) is 0. The van der Waals surface area contributed by atoms with Gasteiger partial charge in [-0.25, -0.2) is 0 Å². The molecule has 0 amide bonds. The van der Waals surface area contributed by atoms with E-state index < -0.39 is 0 Å². The highest BCUT2D eigenvalue weighted by Gasteiger charge is 2.34. The van der Waals surface area contributed by atoms with Crippen molar-refractivity contribution in [3.8, 4) is 0 Å². The molecule has 62 valence electrons. The second-order valence-corrected chi connectivity index (χ2v) is 4.18. The van der Waals surface area contributed by atoms with E-state index >= 15 is 0 Å². The third-order valence-electron chi connectivity index (χ3n) is 3.34. The van der Waals surface area contributed by atoms with Crippen molar-refractivity contribution in [2.45, 2.75) is 39.0 Å². The maximum Gasteiger partial charge on any atom is -0.0199 e. The lowest BCUT2D eigenvalue weighted by atomic mass is 9.89. The van der Waals surface area contributed by atoms with Gasteiger partial charge in [0.25, 0.3) is 0 Å². The van der Waals surface area contributed by atoms with Crippen molar-refractivity contribution in [1.82, 2.24) is 0 Å². The van der Waals surface area contributed by atoms with Crippen LogP contribution in [0.1, 0.15) is 39.0 Å². The molecule has 0 aromatic rings. The number of hydrogen-bond acceptors (Lipinski definition) is 0. The number of allylic oxidation sites excluding steroid dienone is 2. The molecule has 1 fully saturated rings. The van der Waals surface area contributed by atoms with E-state index in [2.05, 4.69) is 19.1 Å². The van der Waals surface area contributed by atoms with Gasteiger partial charge >= 0.3 is 0 Å². The third-order valence-corrected chi connectivity index (χ3v) is 3.34. The molecule has 0 radical (unpaired) electrons. The lowest BCUT2D eigenvalue weighted by Crippen LogP contribution is -2.06. The fraction of sp³-hybridized carbons (Fsp3) is 0.818. The van der Waals surface area contributed by atoms with Crippen molar-refractivity contribution in [3.63, 3.8) is 0 Å². The first-order valence-corrected chi connectivity index (χ1v) is 5.08. The molecule has 3 atom stereocenters. The molecule has 0 heteroatoms. The van der Waals surface area contributed by atoms with Crippen LogP contribution in [-0.2, 0) is 0 Å². The van der Waals surface area contributed by atoms with E-state index in [-0.39, 0.29) is 0 Å². The van der Waals surface area contributed by atoms with Gasteiger partial charge < -0.3 is 0 Å². The summed E-state index contributed by atoms with van der Waals surface area (Å²) in [5.74, 6) is 3.01. The highest BCUT2D eigenvalue weighted by Crippen LogP contribution is 2.45. The van der Waals surface area contributed by atoms with Crippen LogP contribution in [0.4, 0.5) is 0 Å². The van der Waals surface area contributed by atoms with E-state index in [0.717, 1.165) is 17.8 Å². The summed E-state index contributed by atoms with van der Waals surface area (Å²) in [6.45, 7) is 2.29. The summed E-state index contributed by atoms with van der Waals surface area (Å²) in [6.07, 6.45) is 12.2. The van der Waals surface area contributed by atoms with E-state index in [9.17, 15) is 0 Å². The molecule has 0 aromatic carbocycles. The van der Waals surface area contributed by atoms with Gasteiger partial charge in [0, 0.05) is 0 Å². The zero-order chi connectivity index (χ0) is 7.68. The monoisotopic (exact) mass is 150 g/mol. The first kappa shape index (κ1) is 7.39. The molecular formula is C11H18. The predicted molar refractivity (Wildman–Crippen MR) is 48.4 cm³/mol. The fourth-order valence-electron chi connectivity index (χ4n) is 2.69. The first-order chi connectivity index (χ1) is 5.40. The van der Waals surface area contributed by atoms with Crippen molar-refractivity contribution in [3.05, 3.63) is 12.2 Å². The van der Waals surface area contributed by atoms with Gasteiger partial charge in [0.15, 0.2) is 0 Å². The van der Waals surface area contributed by atoms with Crippen LogP contribution in [0.2, 0.25) is 0 Å². The van der Waals surface area contributed by atoms with Crippen LogP contribution in [0.5, 0.6) is 0 Å². The van der Waals surface area contributed by atoms with Crippen molar-refractivity contribution < 1.29 is 0 Å². The molecule has 2 rings (SSSR count). The largest absolute Gasteiger partial charge is 0.0851 e. The van der Waals surface area contributed by atoms with Gasteiger partial charge in [0.1, 0.15) is 0 Å². The Morgan fingerprint density at radius 3 is 2.73 bits per heavy atom. The Bertz CT molecular complexity index is 157. The highest BCUT2D eigenvalue weighted by atomic mass is 14.4. The van der Waals surface area contributed by atoms with Crippen LogP contribution in [0.25, 0.3) is 0 Å². The van der Waals surface area contributed by atoms with E-state index in [1.807, 2.05) is 0 Å². The Morgan fingerprint density at radius 2 is 2.18 bits per heavy atom. The van der Waals surface area contributed by atoms with Gasteiger partial charge in [0.05, 0.1) is 0 Å². The van der Waals surface area contributed by atoms with Crippen LogP contribution in [0.3, 0.4) is 0 Å². The summed E-state index contributed by atoms with van der Waals surface area (Å²) in [5, 5.41) is 0. The van der Waals surface area contributed by atoms with Crippen molar-refractivity contribution in [1.29, 1.82) is 0 Å². The standard InChI is InChI=1S/C11H18/c1-2-3-4-10-7-9-5-6-11(10)8-9/h5-6,9-11H,2-4,7-8H2,1H3/t9-,10+,11-/m0/s1. The van der Waals surface area contributed by atoms with Crippen LogP contribution in [-0.4, -0.2) is 0 Å². The average Bonchev–Trinajstić information content (AvgIpc) is 2.60.